The van der Waals surface area contributed by atoms with Crippen molar-refractivity contribution in [1.82, 2.24) is 10.2 Å². The van der Waals surface area contributed by atoms with Crippen LogP contribution in [0.5, 0.6) is 0 Å². The van der Waals surface area contributed by atoms with Crippen molar-refractivity contribution in [2.24, 2.45) is 0 Å². The lowest BCUT2D eigenvalue weighted by Crippen LogP contribution is -2.59. The number of Topliss-reactive ketones (excluding diaryl/α,β-unsaturated/α-hetero) is 3. The highest BCUT2D eigenvalue weighted by atomic mass is 16.6. The Hall–Kier alpha value is -4.77. The summed E-state index contributed by atoms with van der Waals surface area (Å²) in [6.07, 6.45) is 3.89. The Bertz CT molecular complexity index is 2590. The van der Waals surface area contributed by atoms with Crippen LogP contribution in [0, 0.1) is 0 Å². The molecule has 0 aliphatic carbocycles. The lowest BCUT2D eigenvalue weighted by molar-refractivity contribution is -0.156. The first kappa shape index (κ1) is 114. The zero-order chi connectivity index (χ0) is 88.8. The molecule has 1 aliphatic rings. The van der Waals surface area contributed by atoms with Gasteiger partial charge in [0.2, 0.25) is 5.91 Å². The topological polar surface area (TPSA) is 393 Å². The van der Waals surface area contributed by atoms with E-state index in [0.717, 1.165) is 12.8 Å². The van der Waals surface area contributed by atoms with Crippen LogP contribution in [0.25, 0.3) is 0 Å². The summed E-state index contributed by atoms with van der Waals surface area (Å²) in [6, 6.07) is 6.79. The zero-order valence-corrected chi connectivity index (χ0v) is 74.7. The van der Waals surface area contributed by atoms with Crippen molar-refractivity contribution in [1.29, 1.82) is 0 Å². The Kier molecular flexibility index (Phi) is 79.3. The van der Waals surface area contributed by atoms with E-state index < -0.39 is 11.1 Å². The summed E-state index contributed by atoms with van der Waals surface area (Å²) in [6.45, 7) is 29.0. The van der Waals surface area contributed by atoms with E-state index in [1.807, 2.05) is 34.6 Å². The highest BCUT2D eigenvalue weighted by Crippen LogP contribution is 2.22. The molecule has 0 saturated heterocycles. The van der Waals surface area contributed by atoms with E-state index in [9.17, 15) is 33.6 Å². The van der Waals surface area contributed by atoms with Crippen molar-refractivity contribution in [2.75, 3.05) is 363 Å². The molecule has 37 nitrogen and oxygen atoms in total. The third-order valence-corrected chi connectivity index (χ3v) is 16.8. The van der Waals surface area contributed by atoms with Gasteiger partial charge in [-0.15, -0.1) is 0 Å². The number of imide groups is 1. The van der Waals surface area contributed by atoms with Crippen LogP contribution in [0.1, 0.15) is 126 Å². The summed E-state index contributed by atoms with van der Waals surface area (Å²) < 4.78 is 156. The maximum atomic E-state index is 13.5. The molecule has 0 aromatic heterocycles. The van der Waals surface area contributed by atoms with Crippen LogP contribution < -0.4 is 5.32 Å². The second-order valence-electron chi connectivity index (χ2n) is 28.5. The molecular weight excluding hydrogens is 1620 g/mol. The monoisotopic (exact) mass is 1770 g/mol. The predicted molar refractivity (Wildman–Crippen MR) is 448 cm³/mol. The first-order chi connectivity index (χ1) is 60.2. The summed E-state index contributed by atoms with van der Waals surface area (Å²) in [5.41, 5.74) is -0.852. The predicted octanol–water partition coefficient (Wildman–Crippen LogP) is 4.97. The van der Waals surface area contributed by atoms with E-state index in [1.54, 1.807) is 24.3 Å². The second kappa shape index (κ2) is 85.3. The summed E-state index contributed by atoms with van der Waals surface area (Å²) in [5, 5.41) is 3.04. The standard InChI is InChI=1S/C86H152N2O35/c1-6-11-76(89)16-23-120-73-86(74-121-24-17-77(90)12-7-2,75-122-25-18-78(91)13-10-22-96-29-33-100-37-41-104-45-49-108-53-57-112-61-65-116-69-70-118-67-63-114-59-55-110-51-47-106-43-39-102-35-31-98-27-20-82(93)123-85(3,4)5)87-81(92)19-26-97-30-34-101-38-42-105-46-50-109-54-58-113-62-66-117-71-72-119-68-64-115-60-56-111-52-48-107-44-40-103-36-32-99-28-21-88-83(94)79-14-8-9-15-80(79)84(88)95/h8-9,14-15H,6-7,10-13,16-75H2,1-5H3,(H,87,92). The van der Waals surface area contributed by atoms with Gasteiger partial charge in [-0.1, -0.05) is 26.0 Å². The average Bonchev–Trinajstić information content (AvgIpc) is 1.73. The molecule has 716 valence electrons. The fourth-order valence-electron chi connectivity index (χ4n) is 10.6. The summed E-state index contributed by atoms with van der Waals surface area (Å²) in [5.74, 6) is -1.10. The SMILES string of the molecule is CCCC(=O)CCOCC(COCCC(=O)CCC)(COCCC(=O)CCCOCCOCCOCCOCCOCCOCCOCCOCCOCCOCCOCCOCCC(=O)OC(C)(C)C)NC(=O)CCOCCOCCOCCOCCOCCOCCOCCOCCOCCOCCOCCOCCN1C(=O)c2ccccc2C1=O. The van der Waals surface area contributed by atoms with Gasteiger partial charge in [0, 0.05) is 51.6 Å². The van der Waals surface area contributed by atoms with Gasteiger partial charge in [0.25, 0.3) is 11.8 Å². The number of carbonyl (C=O) groups excluding carboxylic acids is 7. The number of ether oxygens (including phenoxy) is 28. The van der Waals surface area contributed by atoms with Gasteiger partial charge in [-0.05, 0) is 52.2 Å². The number of rotatable bonds is 99. The molecule has 0 saturated carbocycles. The number of hydrogen-bond donors (Lipinski definition) is 1. The lowest BCUT2D eigenvalue weighted by atomic mass is 10.0. The van der Waals surface area contributed by atoms with Gasteiger partial charge in [0.05, 0.1) is 374 Å². The van der Waals surface area contributed by atoms with Crippen LogP contribution in [0.2, 0.25) is 0 Å². The third kappa shape index (κ3) is 73.8. The molecule has 0 fully saturated rings. The van der Waals surface area contributed by atoms with Crippen molar-refractivity contribution in [3.05, 3.63) is 35.4 Å². The van der Waals surface area contributed by atoms with Crippen LogP contribution in [0.15, 0.2) is 24.3 Å². The minimum absolute atomic E-state index is 0.00365. The summed E-state index contributed by atoms with van der Waals surface area (Å²) in [4.78, 5) is 88.8. The number of carbonyl (C=O) groups is 7. The number of fused-ring (bicyclic) bond motifs is 1. The molecule has 123 heavy (non-hydrogen) atoms. The summed E-state index contributed by atoms with van der Waals surface area (Å²) >= 11 is 0. The van der Waals surface area contributed by atoms with Crippen LogP contribution >= 0.6 is 0 Å². The Labute approximate surface area is 729 Å². The normalized spacial score (nSPS) is 12.4. The third-order valence-electron chi connectivity index (χ3n) is 16.8. The van der Waals surface area contributed by atoms with E-state index in [-0.39, 0.29) is 146 Å². The Balaban J connectivity index is 1.39. The smallest absolute Gasteiger partial charge is 0.308 e. The van der Waals surface area contributed by atoms with E-state index in [2.05, 4.69) is 5.32 Å². The minimum Gasteiger partial charge on any atom is -0.460 e. The van der Waals surface area contributed by atoms with Gasteiger partial charge >= 0.3 is 5.97 Å². The van der Waals surface area contributed by atoms with Crippen LogP contribution in [0.4, 0.5) is 0 Å². The molecule has 2 rings (SSSR count). The van der Waals surface area contributed by atoms with Gasteiger partial charge in [0.1, 0.15) is 28.5 Å². The lowest BCUT2D eigenvalue weighted by Gasteiger charge is -2.34. The van der Waals surface area contributed by atoms with Crippen LogP contribution in [0.3, 0.4) is 0 Å². The molecule has 0 radical (unpaired) electrons. The average molecular weight is 1770 g/mol. The minimum atomic E-state index is -1.21. The van der Waals surface area contributed by atoms with Gasteiger partial charge in [0.15, 0.2) is 0 Å². The van der Waals surface area contributed by atoms with Crippen molar-refractivity contribution in [3.63, 3.8) is 0 Å². The van der Waals surface area contributed by atoms with Crippen molar-refractivity contribution in [2.45, 2.75) is 116 Å². The number of nitrogens with zero attached hydrogens (tertiary/aromatic N) is 1. The Morgan fingerprint density at radius 2 is 0.488 bits per heavy atom. The zero-order valence-electron chi connectivity index (χ0n) is 74.7. The Morgan fingerprint density at radius 3 is 0.740 bits per heavy atom. The van der Waals surface area contributed by atoms with E-state index >= 15 is 0 Å². The van der Waals surface area contributed by atoms with E-state index in [0.29, 0.717) is 328 Å². The Morgan fingerprint density at radius 1 is 0.268 bits per heavy atom. The largest absolute Gasteiger partial charge is 0.460 e. The van der Waals surface area contributed by atoms with E-state index in [1.165, 1.54) is 4.90 Å². The highest BCUT2D eigenvalue weighted by Gasteiger charge is 2.36. The molecule has 0 spiro atoms. The molecule has 1 aliphatic heterocycles. The number of amides is 3. The number of benzene rings is 1. The molecule has 1 N–H and O–H groups in total. The molecule has 1 heterocycles. The molecule has 1 aromatic carbocycles. The first-order valence-corrected chi connectivity index (χ1v) is 43.8. The van der Waals surface area contributed by atoms with Crippen LogP contribution in [-0.4, -0.2) is 420 Å². The fraction of sp³-hybridized carbons (Fsp3) is 0.849. The van der Waals surface area contributed by atoms with Crippen molar-refractivity contribution < 1.29 is 166 Å². The first-order valence-electron chi connectivity index (χ1n) is 43.8. The van der Waals surface area contributed by atoms with E-state index in [4.69, 9.17) is 133 Å². The van der Waals surface area contributed by atoms with Gasteiger partial charge < -0.3 is 138 Å². The van der Waals surface area contributed by atoms with Crippen molar-refractivity contribution >= 4 is 41.0 Å². The molecular formula is C86H152N2O35. The fourth-order valence-corrected chi connectivity index (χ4v) is 10.6. The van der Waals surface area contributed by atoms with Crippen LogP contribution in [-0.2, 0) is 157 Å². The summed E-state index contributed by atoms with van der Waals surface area (Å²) in [7, 11) is 0. The second-order valence-corrected chi connectivity index (χ2v) is 28.5. The number of ketones is 3. The quantitative estimate of drug-likeness (QED) is 0.0511. The van der Waals surface area contributed by atoms with Gasteiger partial charge in [-0.3, -0.25) is 38.5 Å². The number of hydrogen-bond acceptors (Lipinski definition) is 35. The maximum Gasteiger partial charge on any atom is 0.308 e. The molecule has 0 atom stereocenters. The van der Waals surface area contributed by atoms with Gasteiger partial charge in [-0.2, -0.15) is 0 Å². The number of esters is 1. The molecule has 0 unspecified atom stereocenters. The number of nitrogens with one attached hydrogen (secondary N) is 1. The van der Waals surface area contributed by atoms with Gasteiger partial charge in [-0.25, -0.2) is 0 Å². The molecule has 0 bridgehead atoms. The highest BCUT2D eigenvalue weighted by molar-refractivity contribution is 6.21. The van der Waals surface area contributed by atoms with Crippen molar-refractivity contribution in [3.8, 4) is 0 Å². The maximum absolute atomic E-state index is 13.5. The molecule has 37 heteroatoms. The molecule has 1 aromatic rings. The molecule has 3 amide bonds.